The average Bonchev–Trinajstić information content (AvgIpc) is 2.99. The van der Waals surface area contributed by atoms with Gasteiger partial charge in [-0.15, -0.1) is 0 Å². The summed E-state index contributed by atoms with van der Waals surface area (Å²) in [5.74, 6) is 0.983. The molecular formula is C30H23FN4O6. The lowest BCUT2D eigenvalue weighted by atomic mass is 10.1. The molecule has 0 aliphatic carbocycles. The van der Waals surface area contributed by atoms with Gasteiger partial charge in [0, 0.05) is 24.6 Å². The predicted molar refractivity (Wildman–Crippen MR) is 149 cm³/mol. The third-order valence-corrected chi connectivity index (χ3v) is 6.54. The largest absolute Gasteiger partial charge is 0.486 e. The number of carbonyl (C=O) groups is 1. The highest BCUT2D eigenvalue weighted by Crippen LogP contribution is 2.42. The van der Waals surface area contributed by atoms with Gasteiger partial charge >= 0.3 is 5.69 Å². The third kappa shape index (κ3) is 4.89. The molecule has 11 heteroatoms. The summed E-state index contributed by atoms with van der Waals surface area (Å²) in [6.07, 6.45) is 2.86. The van der Waals surface area contributed by atoms with Crippen LogP contribution in [0.25, 0.3) is 16.6 Å². The van der Waals surface area contributed by atoms with Crippen LogP contribution in [-0.4, -0.2) is 33.2 Å². The minimum absolute atomic E-state index is 0.154. The minimum Gasteiger partial charge on any atom is -0.486 e. The van der Waals surface area contributed by atoms with E-state index in [1.54, 1.807) is 43.5 Å². The summed E-state index contributed by atoms with van der Waals surface area (Å²) < 4.78 is 33.2. The SMILES string of the molecule is CCn1cc(C(=O)Nc2ccc(Oc3ccnc4ccc5c(c34)OCCO5)cc2)c(=O)n(-c2ccc(F)cc2)c1=O. The first-order valence-electron chi connectivity index (χ1n) is 12.8. The minimum atomic E-state index is -0.817. The molecule has 0 spiro atoms. The van der Waals surface area contributed by atoms with Gasteiger partial charge < -0.3 is 19.5 Å². The van der Waals surface area contributed by atoms with Crippen molar-refractivity contribution in [3.63, 3.8) is 0 Å². The molecule has 6 rings (SSSR count). The summed E-state index contributed by atoms with van der Waals surface area (Å²) in [6.45, 7) is 2.81. The van der Waals surface area contributed by atoms with Gasteiger partial charge in [-0.3, -0.25) is 19.1 Å². The van der Waals surface area contributed by atoms with Gasteiger partial charge in [0.25, 0.3) is 11.5 Å². The third-order valence-electron chi connectivity index (χ3n) is 6.54. The lowest BCUT2D eigenvalue weighted by molar-refractivity contribution is 0.102. The normalized spacial score (nSPS) is 12.2. The summed E-state index contributed by atoms with van der Waals surface area (Å²) in [6, 6.07) is 16.8. The van der Waals surface area contributed by atoms with Crippen molar-refractivity contribution >= 4 is 22.5 Å². The Morgan fingerprint density at radius 2 is 1.76 bits per heavy atom. The van der Waals surface area contributed by atoms with Crippen LogP contribution in [0.1, 0.15) is 17.3 Å². The molecule has 41 heavy (non-hydrogen) atoms. The Bertz CT molecular complexity index is 1900. The second-order valence-corrected chi connectivity index (χ2v) is 9.10. The fourth-order valence-electron chi connectivity index (χ4n) is 4.54. The molecule has 1 N–H and O–H groups in total. The van der Waals surface area contributed by atoms with E-state index in [9.17, 15) is 18.8 Å². The number of fused-ring (bicyclic) bond motifs is 3. The number of nitrogens with one attached hydrogen (secondary N) is 1. The molecule has 1 aliphatic rings. The van der Waals surface area contributed by atoms with Gasteiger partial charge in [0.05, 0.1) is 16.6 Å². The van der Waals surface area contributed by atoms with Gasteiger partial charge in [-0.25, -0.2) is 13.8 Å². The molecule has 0 fully saturated rings. The topological polar surface area (TPSA) is 114 Å². The molecule has 10 nitrogen and oxygen atoms in total. The average molecular weight is 555 g/mol. The van der Waals surface area contributed by atoms with E-state index in [1.165, 1.54) is 22.9 Å². The van der Waals surface area contributed by atoms with Crippen LogP contribution >= 0.6 is 0 Å². The fraction of sp³-hybridized carbons (Fsp3) is 0.133. The lowest BCUT2D eigenvalue weighted by Crippen LogP contribution is -2.42. The van der Waals surface area contributed by atoms with E-state index in [0.29, 0.717) is 52.8 Å². The zero-order valence-electron chi connectivity index (χ0n) is 21.8. The van der Waals surface area contributed by atoms with Crippen LogP contribution in [0.3, 0.4) is 0 Å². The molecule has 2 aromatic heterocycles. The lowest BCUT2D eigenvalue weighted by Gasteiger charge is -2.21. The molecule has 0 saturated carbocycles. The maximum absolute atomic E-state index is 13.4. The number of anilines is 1. The van der Waals surface area contributed by atoms with Crippen molar-refractivity contribution in [1.29, 1.82) is 0 Å². The molecular weight excluding hydrogens is 531 g/mol. The number of hydrogen-bond donors (Lipinski definition) is 1. The predicted octanol–water partition coefficient (Wildman–Crippen LogP) is 4.52. The van der Waals surface area contributed by atoms with Crippen LogP contribution in [0, 0.1) is 5.82 Å². The summed E-state index contributed by atoms with van der Waals surface area (Å²) in [7, 11) is 0. The van der Waals surface area contributed by atoms with Gasteiger partial charge in [-0.05, 0) is 73.7 Å². The first kappa shape index (κ1) is 25.8. The Morgan fingerprint density at radius 1 is 1.00 bits per heavy atom. The van der Waals surface area contributed by atoms with Gasteiger partial charge in [-0.1, -0.05) is 0 Å². The second-order valence-electron chi connectivity index (χ2n) is 9.10. The number of ether oxygens (including phenoxy) is 3. The number of hydrogen-bond acceptors (Lipinski definition) is 7. The van der Waals surface area contributed by atoms with Crippen LogP contribution in [0.4, 0.5) is 10.1 Å². The van der Waals surface area contributed by atoms with E-state index >= 15 is 0 Å². The van der Waals surface area contributed by atoms with Gasteiger partial charge in [0.1, 0.15) is 36.1 Å². The highest BCUT2D eigenvalue weighted by atomic mass is 19.1. The quantitative estimate of drug-likeness (QED) is 0.328. The van der Waals surface area contributed by atoms with Crippen LogP contribution in [0.15, 0.2) is 88.7 Å². The Hall–Kier alpha value is -5.45. The number of carbonyl (C=O) groups excluding carboxylic acids is 1. The Labute approximate surface area is 232 Å². The number of amides is 1. The Balaban J connectivity index is 1.26. The Kier molecular flexibility index (Phi) is 6.68. The molecule has 3 aromatic carbocycles. The summed E-state index contributed by atoms with van der Waals surface area (Å²) >= 11 is 0. The number of aromatic nitrogens is 3. The van der Waals surface area contributed by atoms with Crippen LogP contribution in [-0.2, 0) is 6.54 Å². The van der Waals surface area contributed by atoms with Crippen LogP contribution < -0.4 is 30.8 Å². The number of nitrogens with zero attached hydrogens (tertiary/aromatic N) is 3. The van der Waals surface area contributed by atoms with E-state index in [4.69, 9.17) is 14.2 Å². The zero-order chi connectivity index (χ0) is 28.5. The van der Waals surface area contributed by atoms with E-state index in [1.807, 2.05) is 12.1 Å². The molecule has 0 radical (unpaired) electrons. The van der Waals surface area contributed by atoms with E-state index in [-0.39, 0.29) is 17.8 Å². The molecule has 0 bridgehead atoms. The van der Waals surface area contributed by atoms with Crippen molar-refractivity contribution in [3.8, 4) is 28.7 Å². The van der Waals surface area contributed by atoms with Gasteiger partial charge in [0.15, 0.2) is 11.5 Å². The molecule has 206 valence electrons. The smallest absolute Gasteiger partial charge is 0.335 e. The second kappa shape index (κ2) is 10.6. The van der Waals surface area contributed by atoms with Gasteiger partial charge in [-0.2, -0.15) is 0 Å². The molecule has 1 amide bonds. The van der Waals surface area contributed by atoms with Crippen molar-refractivity contribution in [2.45, 2.75) is 13.5 Å². The monoisotopic (exact) mass is 554 g/mol. The van der Waals surface area contributed by atoms with E-state index in [2.05, 4.69) is 10.3 Å². The molecule has 1 aliphatic heterocycles. The van der Waals surface area contributed by atoms with Crippen molar-refractivity contribution in [2.75, 3.05) is 18.5 Å². The Morgan fingerprint density at radius 3 is 2.51 bits per heavy atom. The molecule has 0 atom stereocenters. The number of benzene rings is 3. The molecule has 3 heterocycles. The number of aryl methyl sites for hydroxylation is 1. The maximum atomic E-state index is 13.4. The van der Waals surface area contributed by atoms with E-state index < -0.39 is 23.0 Å². The van der Waals surface area contributed by atoms with Gasteiger partial charge in [0.2, 0.25) is 0 Å². The zero-order valence-corrected chi connectivity index (χ0v) is 21.8. The van der Waals surface area contributed by atoms with E-state index in [0.717, 1.165) is 16.7 Å². The first-order valence-corrected chi connectivity index (χ1v) is 12.8. The van der Waals surface area contributed by atoms with Crippen molar-refractivity contribution in [2.24, 2.45) is 0 Å². The summed E-state index contributed by atoms with van der Waals surface area (Å²) in [5, 5.41) is 3.38. The molecule has 0 unspecified atom stereocenters. The highest BCUT2D eigenvalue weighted by Gasteiger charge is 2.20. The molecule has 5 aromatic rings. The van der Waals surface area contributed by atoms with Crippen LogP contribution in [0.2, 0.25) is 0 Å². The standard InChI is InChI=1S/C30H23FN4O6/c1-2-34-17-22(29(37)35(30(34)38)20-7-3-18(31)4-8-20)28(36)33-19-5-9-21(10-6-19)41-24-13-14-32-23-11-12-25-27(26(23)24)40-16-15-39-25/h3-14,17H,2,15-16H2,1H3,(H,33,36). The summed E-state index contributed by atoms with van der Waals surface area (Å²) in [5.41, 5.74) is -0.451. The van der Waals surface area contributed by atoms with Crippen molar-refractivity contribution in [1.82, 2.24) is 14.1 Å². The number of rotatable bonds is 6. The van der Waals surface area contributed by atoms with Crippen molar-refractivity contribution < 1.29 is 23.4 Å². The number of halogens is 1. The highest BCUT2D eigenvalue weighted by molar-refractivity contribution is 6.04. The molecule has 0 saturated heterocycles. The van der Waals surface area contributed by atoms with Crippen LogP contribution in [0.5, 0.6) is 23.0 Å². The van der Waals surface area contributed by atoms with Crippen molar-refractivity contribution in [3.05, 3.63) is 111 Å². The first-order chi connectivity index (χ1) is 19.9. The fourth-order valence-corrected chi connectivity index (χ4v) is 4.54. The summed E-state index contributed by atoms with van der Waals surface area (Å²) in [4.78, 5) is 43.6. The maximum Gasteiger partial charge on any atom is 0.335 e. The number of pyridine rings is 1.